The maximum absolute atomic E-state index is 12.6. The summed E-state index contributed by atoms with van der Waals surface area (Å²) in [5.41, 5.74) is 2.88. The molecule has 2 aromatic carbocycles. The van der Waals surface area contributed by atoms with Gasteiger partial charge in [-0.25, -0.2) is 4.98 Å². The molecule has 3 aromatic rings. The lowest BCUT2D eigenvalue weighted by Gasteiger charge is -2.09. The molecule has 0 aliphatic heterocycles. The Morgan fingerprint density at radius 2 is 1.81 bits per heavy atom. The molecule has 0 atom stereocenters. The van der Waals surface area contributed by atoms with Gasteiger partial charge in [-0.3, -0.25) is 9.59 Å². The zero-order chi connectivity index (χ0) is 18.7. The summed E-state index contributed by atoms with van der Waals surface area (Å²) in [6, 6.07) is 12.4. The molecule has 26 heavy (non-hydrogen) atoms. The Balaban J connectivity index is 1.87. The number of halogens is 1. The maximum atomic E-state index is 12.6. The largest absolute Gasteiger partial charge is 0.443 e. The van der Waals surface area contributed by atoms with Crippen molar-refractivity contribution in [3.05, 3.63) is 65.1 Å². The minimum absolute atomic E-state index is 0.148. The van der Waals surface area contributed by atoms with E-state index in [1.165, 1.54) is 13.3 Å². The molecule has 0 radical (unpaired) electrons. The predicted molar refractivity (Wildman–Crippen MR) is 100 cm³/mol. The van der Waals surface area contributed by atoms with E-state index < -0.39 is 5.91 Å². The van der Waals surface area contributed by atoms with Crippen LogP contribution in [0, 0.1) is 6.92 Å². The van der Waals surface area contributed by atoms with Gasteiger partial charge in [-0.2, -0.15) is 0 Å². The maximum Gasteiger partial charge on any atom is 0.278 e. The number of nitrogens with one attached hydrogen (secondary N) is 2. The standard InChI is InChI=1S/C19H16ClN3O3/c1-11-3-5-13(6-4-11)18-17(21-10-26-18)19(25)23-16-9-14(22-12(2)24)7-8-15(16)20/h3-10H,1-2H3,(H,22,24)(H,23,25). The molecule has 7 heteroatoms. The van der Waals surface area contributed by atoms with Gasteiger partial charge in [-0.15, -0.1) is 0 Å². The van der Waals surface area contributed by atoms with Crippen molar-refractivity contribution in [2.45, 2.75) is 13.8 Å². The molecule has 0 saturated heterocycles. The summed E-state index contributed by atoms with van der Waals surface area (Å²) in [5.74, 6) is -0.310. The van der Waals surface area contributed by atoms with Crippen LogP contribution in [0.4, 0.5) is 11.4 Å². The number of anilines is 2. The highest BCUT2D eigenvalue weighted by molar-refractivity contribution is 6.34. The van der Waals surface area contributed by atoms with Crippen molar-refractivity contribution >= 4 is 34.8 Å². The van der Waals surface area contributed by atoms with Gasteiger partial charge in [0, 0.05) is 18.2 Å². The van der Waals surface area contributed by atoms with Crippen LogP contribution in [0.25, 0.3) is 11.3 Å². The molecular weight excluding hydrogens is 354 g/mol. The minimum atomic E-state index is -0.462. The molecule has 132 valence electrons. The zero-order valence-electron chi connectivity index (χ0n) is 14.2. The molecular formula is C19H16ClN3O3. The van der Waals surface area contributed by atoms with Crippen LogP contribution in [0.1, 0.15) is 23.0 Å². The molecule has 0 aliphatic carbocycles. The molecule has 0 saturated carbocycles. The quantitative estimate of drug-likeness (QED) is 0.708. The van der Waals surface area contributed by atoms with E-state index in [4.69, 9.17) is 16.0 Å². The van der Waals surface area contributed by atoms with Gasteiger partial charge in [0.1, 0.15) is 0 Å². The summed E-state index contributed by atoms with van der Waals surface area (Å²) < 4.78 is 5.39. The summed E-state index contributed by atoms with van der Waals surface area (Å²) in [5, 5.41) is 5.68. The number of aromatic nitrogens is 1. The van der Waals surface area contributed by atoms with Crippen LogP contribution in [0.3, 0.4) is 0 Å². The average molecular weight is 370 g/mol. The number of amides is 2. The van der Waals surface area contributed by atoms with Crippen molar-refractivity contribution in [3.8, 4) is 11.3 Å². The first kappa shape index (κ1) is 17.7. The lowest BCUT2D eigenvalue weighted by Crippen LogP contribution is -2.14. The van der Waals surface area contributed by atoms with Gasteiger partial charge < -0.3 is 15.1 Å². The van der Waals surface area contributed by atoms with Gasteiger partial charge in [0.2, 0.25) is 5.91 Å². The van der Waals surface area contributed by atoms with Crippen molar-refractivity contribution < 1.29 is 14.0 Å². The first-order chi connectivity index (χ1) is 12.4. The highest BCUT2D eigenvalue weighted by Crippen LogP contribution is 2.28. The lowest BCUT2D eigenvalue weighted by molar-refractivity contribution is -0.114. The molecule has 1 aromatic heterocycles. The fraction of sp³-hybridized carbons (Fsp3) is 0.105. The van der Waals surface area contributed by atoms with E-state index in [9.17, 15) is 9.59 Å². The van der Waals surface area contributed by atoms with Crippen molar-refractivity contribution in [1.82, 2.24) is 4.98 Å². The average Bonchev–Trinajstić information content (AvgIpc) is 3.08. The van der Waals surface area contributed by atoms with E-state index in [0.717, 1.165) is 11.1 Å². The highest BCUT2D eigenvalue weighted by atomic mass is 35.5. The van der Waals surface area contributed by atoms with E-state index in [1.54, 1.807) is 18.2 Å². The Morgan fingerprint density at radius 1 is 1.08 bits per heavy atom. The number of benzene rings is 2. The third-order valence-electron chi connectivity index (χ3n) is 3.63. The SMILES string of the molecule is CC(=O)Nc1ccc(Cl)c(NC(=O)c2ncoc2-c2ccc(C)cc2)c1. The van der Waals surface area contributed by atoms with Crippen LogP contribution in [-0.2, 0) is 4.79 Å². The number of rotatable bonds is 4. The fourth-order valence-electron chi connectivity index (χ4n) is 2.40. The number of hydrogen-bond acceptors (Lipinski definition) is 4. The van der Waals surface area contributed by atoms with Crippen LogP contribution in [-0.4, -0.2) is 16.8 Å². The predicted octanol–water partition coefficient (Wildman–Crippen LogP) is 4.51. The summed E-state index contributed by atoms with van der Waals surface area (Å²) in [4.78, 5) is 27.9. The second kappa shape index (κ2) is 7.41. The summed E-state index contributed by atoms with van der Waals surface area (Å²) in [6.45, 7) is 3.37. The van der Waals surface area contributed by atoms with E-state index in [2.05, 4.69) is 15.6 Å². The highest BCUT2D eigenvalue weighted by Gasteiger charge is 2.19. The Hall–Kier alpha value is -3.12. The van der Waals surface area contributed by atoms with Crippen molar-refractivity contribution in [3.63, 3.8) is 0 Å². The Labute approximate surface area is 155 Å². The number of carbonyl (C=O) groups excluding carboxylic acids is 2. The molecule has 6 nitrogen and oxygen atoms in total. The summed E-state index contributed by atoms with van der Waals surface area (Å²) in [6.07, 6.45) is 1.22. The topological polar surface area (TPSA) is 84.2 Å². The van der Waals surface area contributed by atoms with E-state index in [-0.39, 0.29) is 11.6 Å². The van der Waals surface area contributed by atoms with Crippen LogP contribution in [0.2, 0.25) is 5.02 Å². The fourth-order valence-corrected chi connectivity index (χ4v) is 2.57. The molecule has 0 aliphatic rings. The van der Waals surface area contributed by atoms with Gasteiger partial charge in [-0.1, -0.05) is 41.4 Å². The molecule has 2 amide bonds. The van der Waals surface area contributed by atoms with E-state index >= 15 is 0 Å². The third-order valence-corrected chi connectivity index (χ3v) is 3.96. The smallest absolute Gasteiger partial charge is 0.278 e. The first-order valence-corrected chi connectivity index (χ1v) is 8.21. The number of nitrogens with zero attached hydrogens (tertiary/aromatic N) is 1. The number of oxazole rings is 1. The minimum Gasteiger partial charge on any atom is -0.443 e. The Morgan fingerprint density at radius 3 is 2.50 bits per heavy atom. The van der Waals surface area contributed by atoms with Gasteiger partial charge in [0.15, 0.2) is 17.8 Å². The van der Waals surface area contributed by atoms with Crippen molar-refractivity contribution in [2.24, 2.45) is 0 Å². The van der Waals surface area contributed by atoms with Gasteiger partial charge >= 0.3 is 0 Å². The second-order valence-electron chi connectivity index (χ2n) is 5.73. The van der Waals surface area contributed by atoms with Crippen LogP contribution in [0.15, 0.2) is 53.3 Å². The molecule has 3 rings (SSSR count). The number of hydrogen-bond donors (Lipinski definition) is 2. The third kappa shape index (κ3) is 3.92. The van der Waals surface area contributed by atoms with Crippen molar-refractivity contribution in [2.75, 3.05) is 10.6 Å². The molecule has 1 heterocycles. The van der Waals surface area contributed by atoms with Gasteiger partial charge in [-0.05, 0) is 25.1 Å². The first-order valence-electron chi connectivity index (χ1n) is 7.83. The van der Waals surface area contributed by atoms with Crippen LogP contribution >= 0.6 is 11.6 Å². The van der Waals surface area contributed by atoms with Crippen LogP contribution in [0.5, 0.6) is 0 Å². The zero-order valence-corrected chi connectivity index (χ0v) is 14.9. The summed E-state index contributed by atoms with van der Waals surface area (Å²) in [7, 11) is 0. The monoisotopic (exact) mass is 369 g/mol. The molecule has 0 bridgehead atoms. The van der Waals surface area contributed by atoms with E-state index in [0.29, 0.717) is 22.2 Å². The van der Waals surface area contributed by atoms with Crippen LogP contribution < -0.4 is 10.6 Å². The summed E-state index contributed by atoms with van der Waals surface area (Å²) >= 11 is 6.14. The molecule has 0 unspecified atom stereocenters. The van der Waals surface area contributed by atoms with E-state index in [1.807, 2.05) is 31.2 Å². The molecule has 0 spiro atoms. The van der Waals surface area contributed by atoms with Gasteiger partial charge in [0.25, 0.3) is 5.91 Å². The Kier molecular flexibility index (Phi) is 5.04. The lowest BCUT2D eigenvalue weighted by atomic mass is 10.1. The number of carbonyl (C=O) groups is 2. The Bertz CT molecular complexity index is 964. The second-order valence-corrected chi connectivity index (χ2v) is 6.13. The normalized spacial score (nSPS) is 10.4. The number of aryl methyl sites for hydroxylation is 1. The molecule has 2 N–H and O–H groups in total. The van der Waals surface area contributed by atoms with Gasteiger partial charge in [0.05, 0.1) is 10.7 Å². The molecule has 0 fully saturated rings. The van der Waals surface area contributed by atoms with Crippen molar-refractivity contribution in [1.29, 1.82) is 0 Å².